The number of likely N-dealkylation sites (tertiary alicyclic amines) is 1. The molecule has 0 aromatic carbocycles. The minimum Gasteiger partial charge on any atom is -0.350 e. The van der Waals surface area contributed by atoms with Gasteiger partial charge in [-0.2, -0.15) is 16.4 Å². The third-order valence-electron chi connectivity index (χ3n) is 5.31. The smallest absolute Gasteiger partial charge is 0.221 e. The Balaban J connectivity index is 1.48. The zero-order valence-electron chi connectivity index (χ0n) is 13.4. The number of aryl methyl sites for hydroxylation is 1. The van der Waals surface area contributed by atoms with Crippen LogP contribution in [-0.2, 0) is 18.4 Å². The van der Waals surface area contributed by atoms with E-state index in [0.29, 0.717) is 6.42 Å². The molecule has 122 valence electrons. The van der Waals surface area contributed by atoms with Gasteiger partial charge in [0.15, 0.2) is 0 Å². The van der Waals surface area contributed by atoms with Crippen LogP contribution >= 0.6 is 11.3 Å². The fourth-order valence-electron chi connectivity index (χ4n) is 4.08. The number of thiophene rings is 1. The van der Waals surface area contributed by atoms with Crippen LogP contribution in [0.1, 0.15) is 36.3 Å². The lowest BCUT2D eigenvalue weighted by atomic mass is 9.75. The van der Waals surface area contributed by atoms with Gasteiger partial charge in [0.2, 0.25) is 5.91 Å². The first-order valence-corrected chi connectivity index (χ1v) is 9.12. The van der Waals surface area contributed by atoms with Gasteiger partial charge in [-0.1, -0.05) is 0 Å². The van der Waals surface area contributed by atoms with Crippen LogP contribution in [0.4, 0.5) is 0 Å². The fraction of sp³-hybridized carbons (Fsp3) is 0.529. The van der Waals surface area contributed by atoms with Crippen LogP contribution < -0.4 is 5.32 Å². The number of amides is 1. The number of carbonyl (C=O) groups excluding carboxylic acids is 1. The van der Waals surface area contributed by atoms with Crippen molar-refractivity contribution in [1.29, 1.82) is 0 Å². The summed E-state index contributed by atoms with van der Waals surface area (Å²) in [4.78, 5) is 14.6. The summed E-state index contributed by atoms with van der Waals surface area (Å²) >= 11 is 1.75. The van der Waals surface area contributed by atoms with Gasteiger partial charge in [-0.15, -0.1) is 0 Å². The van der Waals surface area contributed by atoms with Crippen molar-refractivity contribution >= 4 is 17.2 Å². The first kappa shape index (κ1) is 14.9. The van der Waals surface area contributed by atoms with E-state index >= 15 is 0 Å². The van der Waals surface area contributed by atoms with Crippen molar-refractivity contribution in [2.24, 2.45) is 7.05 Å². The number of hydrogen-bond acceptors (Lipinski definition) is 4. The number of piperidine rings is 1. The highest BCUT2D eigenvalue weighted by Gasteiger charge is 2.48. The highest BCUT2D eigenvalue weighted by atomic mass is 32.1. The summed E-state index contributed by atoms with van der Waals surface area (Å²) in [5, 5.41) is 12.0. The van der Waals surface area contributed by atoms with Gasteiger partial charge in [0.1, 0.15) is 0 Å². The molecule has 2 aromatic rings. The van der Waals surface area contributed by atoms with Crippen LogP contribution in [0, 0.1) is 0 Å². The summed E-state index contributed by atoms with van der Waals surface area (Å²) < 4.78 is 1.83. The third kappa shape index (κ3) is 2.81. The second-order valence-corrected chi connectivity index (χ2v) is 7.60. The highest BCUT2D eigenvalue weighted by molar-refractivity contribution is 7.07. The van der Waals surface area contributed by atoms with E-state index in [0.717, 1.165) is 32.5 Å². The summed E-state index contributed by atoms with van der Waals surface area (Å²) in [7, 11) is 1.93. The van der Waals surface area contributed by atoms with Crippen molar-refractivity contribution in [2.45, 2.75) is 37.3 Å². The maximum Gasteiger partial charge on any atom is 0.221 e. The molecule has 2 aliphatic heterocycles. The quantitative estimate of drug-likeness (QED) is 0.938. The number of hydrogen-bond donors (Lipinski definition) is 1. The minimum absolute atomic E-state index is 0.0781. The number of aromatic nitrogens is 2. The molecule has 2 fully saturated rings. The van der Waals surface area contributed by atoms with Gasteiger partial charge in [0.25, 0.3) is 0 Å². The van der Waals surface area contributed by atoms with Gasteiger partial charge in [0, 0.05) is 50.8 Å². The molecule has 0 saturated carbocycles. The molecule has 0 bridgehead atoms. The van der Waals surface area contributed by atoms with Crippen molar-refractivity contribution in [1.82, 2.24) is 20.0 Å². The lowest BCUT2D eigenvalue weighted by Gasteiger charge is -2.42. The number of nitrogens with one attached hydrogen (secondary N) is 1. The second-order valence-electron chi connectivity index (χ2n) is 6.82. The summed E-state index contributed by atoms with van der Waals surface area (Å²) in [6, 6.07) is 2.20. The van der Waals surface area contributed by atoms with Crippen LogP contribution in [0.3, 0.4) is 0 Å². The molecule has 2 aromatic heterocycles. The summed E-state index contributed by atoms with van der Waals surface area (Å²) in [6.07, 6.45) is 6.61. The minimum atomic E-state index is -0.0781. The molecule has 4 heterocycles. The van der Waals surface area contributed by atoms with E-state index in [4.69, 9.17) is 0 Å². The van der Waals surface area contributed by atoms with Crippen LogP contribution in [0.5, 0.6) is 0 Å². The Kier molecular flexibility index (Phi) is 3.73. The van der Waals surface area contributed by atoms with E-state index in [2.05, 4.69) is 38.3 Å². The Morgan fingerprint density at radius 2 is 2.26 bits per heavy atom. The maximum absolute atomic E-state index is 12.1. The number of nitrogens with zero attached hydrogens (tertiary/aromatic N) is 3. The molecule has 0 aliphatic carbocycles. The van der Waals surface area contributed by atoms with E-state index < -0.39 is 0 Å². The predicted octanol–water partition coefficient (Wildman–Crippen LogP) is 2.12. The van der Waals surface area contributed by atoms with E-state index in [1.54, 1.807) is 11.3 Å². The molecule has 1 N–H and O–H groups in total. The van der Waals surface area contributed by atoms with Crippen LogP contribution in [0.2, 0.25) is 0 Å². The average molecular weight is 330 g/mol. The zero-order valence-corrected chi connectivity index (χ0v) is 14.2. The predicted molar refractivity (Wildman–Crippen MR) is 90.3 cm³/mol. The molecule has 2 saturated heterocycles. The summed E-state index contributed by atoms with van der Waals surface area (Å²) in [6.45, 7) is 3.09. The Labute approximate surface area is 140 Å². The molecule has 1 spiro atoms. The SMILES string of the molecule is Cn1cc([C@@H]2CC(=O)NC23CCN(Cc2ccsc2)CC3)cn1. The molecule has 0 unspecified atom stereocenters. The van der Waals surface area contributed by atoms with Crippen LogP contribution in [-0.4, -0.2) is 39.2 Å². The Bertz CT molecular complexity index is 685. The molecular weight excluding hydrogens is 308 g/mol. The first-order chi connectivity index (χ1) is 11.1. The third-order valence-corrected chi connectivity index (χ3v) is 6.04. The van der Waals surface area contributed by atoms with Crippen LogP contribution in [0.25, 0.3) is 0 Å². The molecule has 6 heteroatoms. The molecule has 1 atom stereocenters. The van der Waals surface area contributed by atoms with Crippen molar-refractivity contribution < 1.29 is 4.79 Å². The molecule has 23 heavy (non-hydrogen) atoms. The average Bonchev–Trinajstić information content (AvgIpc) is 3.24. The van der Waals surface area contributed by atoms with E-state index in [1.165, 1.54) is 11.1 Å². The lowest BCUT2D eigenvalue weighted by Crippen LogP contribution is -2.53. The molecule has 5 nitrogen and oxygen atoms in total. The largest absolute Gasteiger partial charge is 0.350 e. The molecule has 2 aliphatic rings. The summed E-state index contributed by atoms with van der Waals surface area (Å²) in [5.41, 5.74) is 2.51. The molecule has 4 rings (SSSR count). The number of carbonyl (C=O) groups is 1. The highest BCUT2D eigenvalue weighted by Crippen LogP contribution is 2.43. The topological polar surface area (TPSA) is 50.2 Å². The Morgan fingerprint density at radius 1 is 1.43 bits per heavy atom. The second kappa shape index (κ2) is 5.76. The monoisotopic (exact) mass is 330 g/mol. The van der Waals surface area contributed by atoms with Gasteiger partial charge in [0.05, 0.1) is 6.20 Å². The van der Waals surface area contributed by atoms with Gasteiger partial charge in [-0.25, -0.2) is 0 Å². The van der Waals surface area contributed by atoms with E-state index in [1.807, 2.05) is 17.9 Å². The Morgan fingerprint density at radius 3 is 2.91 bits per heavy atom. The molecule has 1 amide bonds. The van der Waals surface area contributed by atoms with Crippen molar-refractivity contribution in [3.8, 4) is 0 Å². The zero-order chi connectivity index (χ0) is 15.9. The van der Waals surface area contributed by atoms with Gasteiger partial charge < -0.3 is 5.32 Å². The Hall–Kier alpha value is -1.66. The van der Waals surface area contributed by atoms with Crippen molar-refractivity contribution in [2.75, 3.05) is 13.1 Å². The molecule has 0 radical (unpaired) electrons. The van der Waals surface area contributed by atoms with Gasteiger partial charge in [-0.05, 0) is 40.8 Å². The first-order valence-electron chi connectivity index (χ1n) is 8.18. The standard InChI is InChI=1S/C17H22N4OS/c1-20-11-14(9-18-20)15-8-16(22)19-17(15)3-5-21(6-4-17)10-13-2-7-23-12-13/h2,7,9,11-12,15H,3-6,8,10H2,1H3,(H,19,22)/t15-/m0/s1. The normalized spacial score (nSPS) is 24.2. The van der Waals surface area contributed by atoms with Gasteiger partial charge in [-0.3, -0.25) is 14.4 Å². The summed E-state index contributed by atoms with van der Waals surface area (Å²) in [5.74, 6) is 0.442. The molecular formula is C17H22N4OS. The van der Waals surface area contributed by atoms with Crippen molar-refractivity contribution in [3.05, 3.63) is 40.3 Å². The van der Waals surface area contributed by atoms with E-state index in [9.17, 15) is 4.79 Å². The maximum atomic E-state index is 12.1. The van der Waals surface area contributed by atoms with Crippen molar-refractivity contribution in [3.63, 3.8) is 0 Å². The lowest BCUT2D eigenvalue weighted by molar-refractivity contribution is -0.120. The van der Waals surface area contributed by atoms with Crippen LogP contribution in [0.15, 0.2) is 29.2 Å². The van der Waals surface area contributed by atoms with Gasteiger partial charge >= 0.3 is 0 Å². The number of rotatable bonds is 3. The van der Waals surface area contributed by atoms with E-state index in [-0.39, 0.29) is 17.4 Å². The fourth-order valence-corrected chi connectivity index (χ4v) is 4.74.